The molecule has 0 radical (unpaired) electrons. The highest BCUT2D eigenvalue weighted by atomic mass is 35.5. The topological polar surface area (TPSA) is 78.5 Å². The second-order valence-corrected chi connectivity index (χ2v) is 10.8. The molecular weight excluding hydrogens is 476 g/mol. The lowest BCUT2D eigenvalue weighted by molar-refractivity contribution is 0.480. The molecule has 0 unspecified atom stereocenters. The van der Waals surface area contributed by atoms with E-state index in [2.05, 4.69) is 33.6 Å². The number of thioether (sulfide) groups is 2. The van der Waals surface area contributed by atoms with Gasteiger partial charge in [0, 0.05) is 41.0 Å². The van der Waals surface area contributed by atoms with Gasteiger partial charge in [-0.15, -0.1) is 10.2 Å². The molecule has 0 fully saturated rings. The van der Waals surface area contributed by atoms with Gasteiger partial charge in [-0.25, -0.2) is 4.98 Å². The van der Waals surface area contributed by atoms with E-state index >= 15 is 0 Å². The molecule has 4 heterocycles. The fraction of sp³-hybridized carbons (Fsp3) is 0.348. The van der Waals surface area contributed by atoms with Gasteiger partial charge in [0.15, 0.2) is 16.1 Å². The number of pyridine rings is 1. The Labute approximate surface area is 205 Å². The number of aromatic nitrogens is 6. The SMILES string of the molecule is CC(C)CCn1c(SC[C@H]2CSc3nnc(-c4cccnc4)n32)nc2cc(Cl)ccc2c1=O. The van der Waals surface area contributed by atoms with E-state index in [0.717, 1.165) is 39.6 Å². The molecule has 10 heteroatoms. The highest BCUT2D eigenvalue weighted by molar-refractivity contribution is 8.00. The number of nitrogens with zero attached hydrogens (tertiary/aromatic N) is 6. The molecule has 0 saturated heterocycles. The number of halogens is 1. The van der Waals surface area contributed by atoms with Crippen LogP contribution in [0, 0.1) is 5.92 Å². The van der Waals surface area contributed by atoms with Crippen LogP contribution in [0.15, 0.2) is 57.8 Å². The highest BCUT2D eigenvalue weighted by Gasteiger charge is 2.29. The van der Waals surface area contributed by atoms with Crippen LogP contribution in [0.25, 0.3) is 22.3 Å². The first-order valence-electron chi connectivity index (χ1n) is 10.8. The molecule has 1 atom stereocenters. The fourth-order valence-electron chi connectivity index (χ4n) is 3.80. The molecule has 0 amide bonds. The third-order valence-corrected chi connectivity index (χ3v) is 8.02. The molecule has 0 spiro atoms. The van der Waals surface area contributed by atoms with Gasteiger partial charge in [-0.3, -0.25) is 18.9 Å². The summed E-state index contributed by atoms with van der Waals surface area (Å²) in [6.07, 6.45) is 4.47. The molecule has 3 aromatic heterocycles. The molecule has 170 valence electrons. The van der Waals surface area contributed by atoms with Crippen LogP contribution in [-0.2, 0) is 6.54 Å². The van der Waals surface area contributed by atoms with Crippen molar-refractivity contribution in [1.82, 2.24) is 29.3 Å². The third-order valence-electron chi connectivity index (χ3n) is 5.57. The van der Waals surface area contributed by atoms with Crippen molar-refractivity contribution in [1.29, 1.82) is 0 Å². The number of benzene rings is 1. The van der Waals surface area contributed by atoms with Gasteiger partial charge in [0.1, 0.15) is 0 Å². The number of hydrogen-bond donors (Lipinski definition) is 0. The lowest BCUT2D eigenvalue weighted by Crippen LogP contribution is -2.24. The van der Waals surface area contributed by atoms with E-state index in [4.69, 9.17) is 16.6 Å². The van der Waals surface area contributed by atoms with Gasteiger partial charge in [-0.1, -0.05) is 49.0 Å². The minimum absolute atomic E-state index is 0.0124. The van der Waals surface area contributed by atoms with Crippen molar-refractivity contribution in [2.75, 3.05) is 11.5 Å². The molecule has 4 aromatic rings. The van der Waals surface area contributed by atoms with Crippen molar-refractivity contribution in [3.8, 4) is 11.4 Å². The van der Waals surface area contributed by atoms with E-state index in [-0.39, 0.29) is 11.6 Å². The molecule has 0 aliphatic carbocycles. The first-order chi connectivity index (χ1) is 16.0. The van der Waals surface area contributed by atoms with Crippen molar-refractivity contribution in [2.24, 2.45) is 5.92 Å². The largest absolute Gasteiger partial charge is 0.297 e. The van der Waals surface area contributed by atoms with Gasteiger partial charge in [0.25, 0.3) is 5.56 Å². The van der Waals surface area contributed by atoms with Crippen LogP contribution < -0.4 is 5.56 Å². The van der Waals surface area contributed by atoms with Gasteiger partial charge in [0.2, 0.25) is 0 Å². The molecule has 33 heavy (non-hydrogen) atoms. The Morgan fingerprint density at radius 1 is 1.27 bits per heavy atom. The zero-order valence-electron chi connectivity index (χ0n) is 18.3. The second kappa shape index (κ2) is 9.48. The molecule has 1 aromatic carbocycles. The summed E-state index contributed by atoms with van der Waals surface area (Å²) in [6, 6.07) is 9.36. The van der Waals surface area contributed by atoms with E-state index in [1.165, 1.54) is 0 Å². The van der Waals surface area contributed by atoms with Gasteiger partial charge in [-0.05, 0) is 42.7 Å². The van der Waals surface area contributed by atoms with Crippen LogP contribution in [0.4, 0.5) is 0 Å². The lowest BCUT2D eigenvalue weighted by atomic mass is 10.1. The number of fused-ring (bicyclic) bond motifs is 2. The quantitative estimate of drug-likeness (QED) is 0.256. The molecule has 7 nitrogen and oxygen atoms in total. The normalized spacial score (nSPS) is 15.5. The Kier molecular flexibility index (Phi) is 6.44. The zero-order valence-corrected chi connectivity index (χ0v) is 20.7. The first-order valence-corrected chi connectivity index (χ1v) is 13.2. The monoisotopic (exact) mass is 498 g/mol. The van der Waals surface area contributed by atoms with Crippen LogP contribution in [0.3, 0.4) is 0 Å². The van der Waals surface area contributed by atoms with Crippen molar-refractivity contribution in [3.05, 3.63) is 58.1 Å². The van der Waals surface area contributed by atoms with E-state index in [1.807, 2.05) is 22.9 Å². The van der Waals surface area contributed by atoms with E-state index in [0.29, 0.717) is 28.4 Å². The van der Waals surface area contributed by atoms with Crippen molar-refractivity contribution >= 4 is 46.0 Å². The van der Waals surface area contributed by atoms with Crippen LogP contribution in [0.5, 0.6) is 0 Å². The predicted octanol–water partition coefficient (Wildman–Crippen LogP) is 5.19. The molecule has 1 aliphatic heterocycles. The minimum Gasteiger partial charge on any atom is -0.297 e. The van der Waals surface area contributed by atoms with E-state index < -0.39 is 0 Å². The number of rotatable bonds is 7. The Bertz CT molecular complexity index is 1350. The average molecular weight is 499 g/mol. The number of hydrogen-bond acceptors (Lipinski definition) is 7. The summed E-state index contributed by atoms with van der Waals surface area (Å²) < 4.78 is 4.00. The summed E-state index contributed by atoms with van der Waals surface area (Å²) in [6.45, 7) is 4.97. The molecule has 1 aliphatic rings. The van der Waals surface area contributed by atoms with Crippen LogP contribution in [0.1, 0.15) is 26.3 Å². The van der Waals surface area contributed by atoms with Gasteiger partial charge < -0.3 is 0 Å². The lowest BCUT2D eigenvalue weighted by Gasteiger charge is -2.17. The van der Waals surface area contributed by atoms with Crippen LogP contribution in [-0.4, -0.2) is 40.8 Å². The van der Waals surface area contributed by atoms with Gasteiger partial charge in [-0.2, -0.15) is 0 Å². The zero-order chi connectivity index (χ0) is 22.9. The summed E-state index contributed by atoms with van der Waals surface area (Å²) >= 11 is 9.49. The average Bonchev–Trinajstić information content (AvgIpc) is 3.40. The van der Waals surface area contributed by atoms with E-state index in [1.54, 1.807) is 47.9 Å². The Hall–Kier alpha value is -2.36. The summed E-state index contributed by atoms with van der Waals surface area (Å²) in [5.41, 5.74) is 1.57. The Morgan fingerprint density at radius 2 is 2.15 bits per heavy atom. The maximum atomic E-state index is 13.3. The molecule has 5 rings (SSSR count). The van der Waals surface area contributed by atoms with Crippen molar-refractivity contribution < 1.29 is 0 Å². The summed E-state index contributed by atoms with van der Waals surface area (Å²) in [4.78, 5) is 22.4. The predicted molar refractivity (Wildman–Crippen MR) is 134 cm³/mol. The molecule has 0 bridgehead atoms. The summed E-state index contributed by atoms with van der Waals surface area (Å²) in [7, 11) is 0. The standard InChI is InChI=1S/C23H23ClN6OS2/c1-14(2)7-9-29-21(31)18-6-5-16(24)10-19(18)26-22(29)32-12-17-13-33-23-28-27-20(30(17)23)15-4-3-8-25-11-15/h3-6,8,10-11,14,17H,7,9,12-13H2,1-2H3/t17-/m0/s1. The fourth-order valence-corrected chi connectivity index (χ4v) is 6.30. The van der Waals surface area contributed by atoms with Crippen molar-refractivity contribution in [3.63, 3.8) is 0 Å². The van der Waals surface area contributed by atoms with E-state index in [9.17, 15) is 4.79 Å². The van der Waals surface area contributed by atoms with Crippen LogP contribution >= 0.6 is 35.1 Å². The molecule has 0 saturated carbocycles. The minimum atomic E-state index is -0.0124. The Morgan fingerprint density at radius 3 is 2.94 bits per heavy atom. The first kappa shape index (κ1) is 22.4. The summed E-state index contributed by atoms with van der Waals surface area (Å²) in [5.74, 6) is 2.97. The second-order valence-electron chi connectivity index (χ2n) is 8.39. The summed E-state index contributed by atoms with van der Waals surface area (Å²) in [5, 5.41) is 11.6. The van der Waals surface area contributed by atoms with Crippen molar-refractivity contribution in [2.45, 2.75) is 43.2 Å². The van der Waals surface area contributed by atoms with Gasteiger partial charge >= 0.3 is 0 Å². The van der Waals surface area contributed by atoms with Gasteiger partial charge in [0.05, 0.1) is 16.9 Å². The Balaban J connectivity index is 1.47. The highest BCUT2D eigenvalue weighted by Crippen LogP contribution is 2.38. The maximum absolute atomic E-state index is 13.3. The molecule has 0 N–H and O–H groups in total. The molecular formula is C23H23ClN6OS2. The maximum Gasteiger partial charge on any atom is 0.262 e. The third kappa shape index (κ3) is 4.54. The smallest absolute Gasteiger partial charge is 0.262 e. The van der Waals surface area contributed by atoms with Crippen LogP contribution in [0.2, 0.25) is 5.02 Å².